The summed E-state index contributed by atoms with van der Waals surface area (Å²) in [6.45, 7) is 0.780. The van der Waals surface area contributed by atoms with Crippen molar-refractivity contribution in [2.75, 3.05) is 31.0 Å². The number of hydrogen-bond donors (Lipinski definition) is 1. The molecule has 0 aliphatic carbocycles. The van der Waals surface area contributed by atoms with E-state index in [1.54, 1.807) is 31.4 Å². The van der Waals surface area contributed by atoms with Crippen LogP contribution in [0, 0.1) is 0 Å². The number of nitrogens with one attached hydrogen (secondary N) is 1. The van der Waals surface area contributed by atoms with Gasteiger partial charge >= 0.3 is 0 Å². The molecule has 3 rings (SSSR count). The summed E-state index contributed by atoms with van der Waals surface area (Å²) in [7, 11) is -1.91. The van der Waals surface area contributed by atoms with Gasteiger partial charge in [-0.25, -0.2) is 8.42 Å². The molecule has 0 unspecified atom stereocenters. The van der Waals surface area contributed by atoms with Crippen LogP contribution >= 0.6 is 0 Å². The summed E-state index contributed by atoms with van der Waals surface area (Å²) in [4.78, 5) is 12.1. The van der Waals surface area contributed by atoms with E-state index >= 15 is 0 Å². The molecule has 1 aliphatic rings. The Morgan fingerprint density at radius 1 is 1.14 bits per heavy atom. The lowest BCUT2D eigenvalue weighted by Gasteiger charge is -2.22. The highest BCUT2D eigenvalue weighted by molar-refractivity contribution is 7.92. The van der Waals surface area contributed by atoms with Gasteiger partial charge in [0, 0.05) is 19.5 Å². The molecule has 2 aromatic carbocycles. The van der Waals surface area contributed by atoms with Crippen LogP contribution < -0.4 is 23.8 Å². The number of methoxy groups -OCH3 is 1. The zero-order valence-electron chi connectivity index (χ0n) is 16.4. The van der Waals surface area contributed by atoms with Crippen molar-refractivity contribution in [3.8, 4) is 17.2 Å². The van der Waals surface area contributed by atoms with Crippen LogP contribution in [0.15, 0.2) is 42.5 Å². The highest BCUT2D eigenvalue weighted by Gasteiger charge is 2.18. The van der Waals surface area contributed by atoms with Gasteiger partial charge in [0.2, 0.25) is 22.7 Å². The monoisotopic (exact) mass is 420 g/mol. The van der Waals surface area contributed by atoms with Gasteiger partial charge in [-0.3, -0.25) is 9.10 Å². The normalized spacial score (nSPS) is 12.5. The molecule has 0 aromatic heterocycles. The third-order valence-electron chi connectivity index (χ3n) is 4.45. The van der Waals surface area contributed by atoms with Gasteiger partial charge < -0.3 is 19.5 Å². The first-order chi connectivity index (χ1) is 13.9. The first kappa shape index (κ1) is 20.8. The number of fused-ring (bicyclic) bond motifs is 1. The third kappa shape index (κ3) is 5.54. The number of carbonyl (C=O) groups excluding carboxylic acids is 1. The van der Waals surface area contributed by atoms with Crippen LogP contribution in [0.25, 0.3) is 0 Å². The van der Waals surface area contributed by atoms with Crippen LogP contribution in [-0.4, -0.2) is 41.0 Å². The molecule has 0 bridgehead atoms. The van der Waals surface area contributed by atoms with Crippen LogP contribution in [0.4, 0.5) is 5.69 Å². The van der Waals surface area contributed by atoms with E-state index in [-0.39, 0.29) is 25.7 Å². The zero-order chi connectivity index (χ0) is 20.9. The summed E-state index contributed by atoms with van der Waals surface area (Å²) in [5, 5.41) is 2.84. The Morgan fingerprint density at radius 2 is 1.86 bits per heavy atom. The number of anilines is 1. The highest BCUT2D eigenvalue weighted by atomic mass is 32.2. The molecule has 0 saturated heterocycles. The molecule has 0 fully saturated rings. The maximum Gasteiger partial charge on any atom is 0.232 e. The van der Waals surface area contributed by atoms with E-state index in [1.807, 2.05) is 18.2 Å². The summed E-state index contributed by atoms with van der Waals surface area (Å²) < 4.78 is 41.2. The van der Waals surface area contributed by atoms with E-state index in [4.69, 9.17) is 14.2 Å². The third-order valence-corrected chi connectivity index (χ3v) is 5.65. The van der Waals surface area contributed by atoms with Crippen molar-refractivity contribution in [3.05, 3.63) is 48.0 Å². The minimum atomic E-state index is -3.46. The number of sulfonamides is 1. The second-order valence-corrected chi connectivity index (χ2v) is 8.51. The number of ether oxygens (including phenoxy) is 3. The van der Waals surface area contributed by atoms with Crippen LogP contribution in [0.1, 0.15) is 18.4 Å². The lowest BCUT2D eigenvalue weighted by atomic mass is 10.2. The Kier molecular flexibility index (Phi) is 6.48. The van der Waals surface area contributed by atoms with Gasteiger partial charge in [-0.15, -0.1) is 0 Å². The standard InChI is InChI=1S/C20H24N2O6S/c1-26-17-8-6-16(7-9-17)22(29(2,24)25)11-3-4-20(23)21-13-15-5-10-18-19(12-15)28-14-27-18/h5-10,12H,3-4,11,13-14H2,1-2H3,(H,21,23). The first-order valence-corrected chi connectivity index (χ1v) is 11.0. The minimum absolute atomic E-state index is 0.147. The smallest absolute Gasteiger partial charge is 0.232 e. The fourth-order valence-corrected chi connectivity index (χ4v) is 3.92. The molecule has 156 valence electrons. The summed E-state index contributed by atoms with van der Waals surface area (Å²) in [5.41, 5.74) is 1.44. The largest absolute Gasteiger partial charge is 0.497 e. The molecule has 29 heavy (non-hydrogen) atoms. The zero-order valence-corrected chi connectivity index (χ0v) is 17.2. The van der Waals surface area contributed by atoms with E-state index in [2.05, 4.69) is 5.32 Å². The number of carbonyl (C=O) groups is 1. The molecule has 0 atom stereocenters. The molecule has 8 nitrogen and oxygen atoms in total. The molecule has 0 spiro atoms. The molecule has 0 radical (unpaired) electrons. The SMILES string of the molecule is COc1ccc(N(CCCC(=O)NCc2ccc3c(c2)OCO3)S(C)(=O)=O)cc1. The van der Waals surface area contributed by atoms with Gasteiger partial charge in [-0.1, -0.05) is 6.07 Å². The number of rotatable bonds is 9. The van der Waals surface area contributed by atoms with Crippen molar-refractivity contribution >= 4 is 21.6 Å². The van der Waals surface area contributed by atoms with Gasteiger partial charge in [0.25, 0.3) is 0 Å². The fraction of sp³-hybridized carbons (Fsp3) is 0.350. The Morgan fingerprint density at radius 3 is 2.55 bits per heavy atom. The van der Waals surface area contributed by atoms with E-state index in [1.165, 1.54) is 4.31 Å². The molecular weight excluding hydrogens is 396 g/mol. The van der Waals surface area contributed by atoms with Crippen molar-refractivity contribution in [1.29, 1.82) is 0 Å². The second-order valence-electron chi connectivity index (χ2n) is 6.60. The maximum absolute atomic E-state index is 12.1. The van der Waals surface area contributed by atoms with Crippen molar-refractivity contribution in [3.63, 3.8) is 0 Å². The molecule has 0 saturated carbocycles. The lowest BCUT2D eigenvalue weighted by Crippen LogP contribution is -2.32. The van der Waals surface area contributed by atoms with Crippen molar-refractivity contribution < 1.29 is 27.4 Å². The number of amides is 1. The Balaban J connectivity index is 1.50. The topological polar surface area (TPSA) is 94.2 Å². The fourth-order valence-electron chi connectivity index (χ4n) is 2.96. The van der Waals surface area contributed by atoms with Crippen molar-refractivity contribution in [2.24, 2.45) is 0 Å². The molecule has 2 aromatic rings. The quantitative estimate of drug-likeness (QED) is 0.669. The maximum atomic E-state index is 12.1. The molecule has 9 heteroatoms. The highest BCUT2D eigenvalue weighted by Crippen LogP contribution is 2.32. The molecule has 1 aliphatic heterocycles. The Hall–Kier alpha value is -2.94. The summed E-state index contributed by atoms with van der Waals surface area (Å²) in [6.07, 6.45) is 1.76. The van der Waals surface area contributed by atoms with Gasteiger partial charge in [0.15, 0.2) is 11.5 Å². The van der Waals surface area contributed by atoms with Gasteiger partial charge in [-0.05, 0) is 48.4 Å². The van der Waals surface area contributed by atoms with E-state index in [9.17, 15) is 13.2 Å². The summed E-state index contributed by atoms with van der Waals surface area (Å²) >= 11 is 0. The van der Waals surface area contributed by atoms with Crippen LogP contribution in [0.3, 0.4) is 0 Å². The van der Waals surface area contributed by atoms with Crippen molar-refractivity contribution in [1.82, 2.24) is 5.32 Å². The van der Waals surface area contributed by atoms with Gasteiger partial charge in [-0.2, -0.15) is 0 Å². The van der Waals surface area contributed by atoms with E-state index < -0.39 is 10.0 Å². The summed E-state index contributed by atoms with van der Waals surface area (Å²) in [5.74, 6) is 1.86. The van der Waals surface area contributed by atoms with Crippen LogP contribution in [0.5, 0.6) is 17.2 Å². The van der Waals surface area contributed by atoms with Crippen LogP contribution in [-0.2, 0) is 21.4 Å². The molecule has 1 N–H and O–H groups in total. The predicted molar refractivity (Wildman–Crippen MR) is 109 cm³/mol. The Labute approximate surface area is 170 Å². The molecular formula is C20H24N2O6S. The lowest BCUT2D eigenvalue weighted by molar-refractivity contribution is -0.121. The number of nitrogens with zero attached hydrogens (tertiary/aromatic N) is 1. The van der Waals surface area contributed by atoms with Crippen LogP contribution in [0.2, 0.25) is 0 Å². The van der Waals surface area contributed by atoms with E-state index in [0.29, 0.717) is 35.9 Å². The van der Waals surface area contributed by atoms with Crippen molar-refractivity contribution in [2.45, 2.75) is 19.4 Å². The number of hydrogen-bond acceptors (Lipinski definition) is 6. The minimum Gasteiger partial charge on any atom is -0.497 e. The van der Waals surface area contributed by atoms with E-state index in [0.717, 1.165) is 11.8 Å². The number of benzene rings is 2. The average molecular weight is 420 g/mol. The Bertz CT molecular complexity index is 959. The summed E-state index contributed by atoms with van der Waals surface area (Å²) in [6, 6.07) is 12.3. The molecule has 1 heterocycles. The first-order valence-electron chi connectivity index (χ1n) is 9.14. The van der Waals surface area contributed by atoms with Gasteiger partial charge in [0.05, 0.1) is 19.1 Å². The second kappa shape index (κ2) is 9.04. The predicted octanol–water partition coefficient (Wildman–Crippen LogP) is 2.29. The average Bonchev–Trinajstić information content (AvgIpc) is 3.17. The van der Waals surface area contributed by atoms with Gasteiger partial charge in [0.1, 0.15) is 5.75 Å². The molecule has 1 amide bonds.